The molecule has 6 heteroatoms. The molecule has 90 valence electrons. The van der Waals surface area contributed by atoms with Crippen molar-refractivity contribution in [1.29, 1.82) is 0 Å². The molecular formula is C10H15ClN2O2S. The number of nitrogens with two attached hydrogens (primary N) is 1. The van der Waals surface area contributed by atoms with Gasteiger partial charge in [0.25, 0.3) is 0 Å². The number of hydrogen-bond acceptors (Lipinski definition) is 3. The van der Waals surface area contributed by atoms with E-state index in [1.54, 1.807) is 6.07 Å². The standard InChI is InChI=1S/C10H15ClN2O2S/c1-2-5-13-7-8-6-9(16(12,14)15)3-4-10(8)11/h3-4,6,13H,2,5,7H2,1H3,(H2,12,14,15). The molecule has 16 heavy (non-hydrogen) atoms. The summed E-state index contributed by atoms with van der Waals surface area (Å²) in [6, 6.07) is 4.45. The lowest BCUT2D eigenvalue weighted by Gasteiger charge is -2.07. The van der Waals surface area contributed by atoms with Gasteiger partial charge in [-0.3, -0.25) is 0 Å². The minimum Gasteiger partial charge on any atom is -0.313 e. The second-order valence-corrected chi connectivity index (χ2v) is 5.44. The zero-order valence-corrected chi connectivity index (χ0v) is 10.6. The number of rotatable bonds is 5. The van der Waals surface area contributed by atoms with Gasteiger partial charge >= 0.3 is 0 Å². The Bertz CT molecular complexity index is 460. The molecule has 0 fully saturated rings. The van der Waals surface area contributed by atoms with Gasteiger partial charge in [0.1, 0.15) is 0 Å². The highest BCUT2D eigenvalue weighted by molar-refractivity contribution is 7.89. The van der Waals surface area contributed by atoms with Crippen LogP contribution in [0.1, 0.15) is 18.9 Å². The van der Waals surface area contributed by atoms with Gasteiger partial charge in [-0.1, -0.05) is 18.5 Å². The van der Waals surface area contributed by atoms with Crippen molar-refractivity contribution in [1.82, 2.24) is 5.32 Å². The maximum Gasteiger partial charge on any atom is 0.238 e. The third kappa shape index (κ3) is 3.75. The first kappa shape index (κ1) is 13.4. The predicted octanol–water partition coefficient (Wildman–Crippen LogP) is 1.49. The van der Waals surface area contributed by atoms with Crippen molar-refractivity contribution in [3.05, 3.63) is 28.8 Å². The van der Waals surface area contributed by atoms with Crippen molar-refractivity contribution in [2.24, 2.45) is 5.14 Å². The summed E-state index contributed by atoms with van der Waals surface area (Å²) in [4.78, 5) is 0.0881. The van der Waals surface area contributed by atoms with Gasteiger partial charge in [0.05, 0.1) is 4.90 Å². The summed E-state index contributed by atoms with van der Waals surface area (Å²) in [5, 5.41) is 8.73. The van der Waals surface area contributed by atoms with Crippen LogP contribution in [0.4, 0.5) is 0 Å². The summed E-state index contributed by atoms with van der Waals surface area (Å²) < 4.78 is 22.3. The van der Waals surface area contributed by atoms with Crippen LogP contribution in [0.3, 0.4) is 0 Å². The third-order valence-electron chi connectivity index (χ3n) is 2.09. The highest BCUT2D eigenvalue weighted by Crippen LogP contribution is 2.19. The minimum absolute atomic E-state index is 0.0881. The lowest BCUT2D eigenvalue weighted by molar-refractivity contribution is 0.597. The Hall–Kier alpha value is -0.620. The van der Waals surface area contributed by atoms with Crippen molar-refractivity contribution in [3.63, 3.8) is 0 Å². The maximum absolute atomic E-state index is 11.1. The van der Waals surface area contributed by atoms with Gasteiger partial charge in [0.2, 0.25) is 10.0 Å². The van der Waals surface area contributed by atoms with E-state index in [4.69, 9.17) is 16.7 Å². The van der Waals surface area contributed by atoms with Crippen molar-refractivity contribution in [2.75, 3.05) is 6.54 Å². The molecule has 1 rings (SSSR count). The highest BCUT2D eigenvalue weighted by Gasteiger charge is 2.10. The molecule has 0 aliphatic carbocycles. The molecule has 0 heterocycles. The molecule has 0 atom stereocenters. The molecular weight excluding hydrogens is 248 g/mol. The van der Waals surface area contributed by atoms with Crippen molar-refractivity contribution < 1.29 is 8.42 Å². The van der Waals surface area contributed by atoms with Gasteiger partial charge in [-0.2, -0.15) is 0 Å². The van der Waals surface area contributed by atoms with Crippen LogP contribution in [-0.4, -0.2) is 15.0 Å². The van der Waals surface area contributed by atoms with Crippen LogP contribution >= 0.6 is 11.6 Å². The molecule has 0 spiro atoms. The molecule has 0 saturated heterocycles. The molecule has 1 aromatic carbocycles. The quantitative estimate of drug-likeness (QED) is 0.790. The molecule has 4 nitrogen and oxygen atoms in total. The first-order chi connectivity index (χ1) is 7.45. The van der Waals surface area contributed by atoms with E-state index < -0.39 is 10.0 Å². The van der Waals surface area contributed by atoms with E-state index in [-0.39, 0.29) is 4.90 Å². The number of hydrogen-bond donors (Lipinski definition) is 2. The topological polar surface area (TPSA) is 72.2 Å². The average molecular weight is 263 g/mol. The van der Waals surface area contributed by atoms with Crippen LogP contribution in [0.25, 0.3) is 0 Å². The summed E-state index contributed by atoms with van der Waals surface area (Å²) in [7, 11) is -3.66. The van der Waals surface area contributed by atoms with Gasteiger partial charge in [-0.05, 0) is 36.7 Å². The van der Waals surface area contributed by atoms with Crippen LogP contribution in [0, 0.1) is 0 Å². The Morgan fingerprint density at radius 2 is 2.12 bits per heavy atom. The second kappa shape index (κ2) is 5.63. The first-order valence-electron chi connectivity index (χ1n) is 4.97. The molecule has 0 aromatic heterocycles. The Labute approximate surface area is 101 Å². The average Bonchev–Trinajstić information content (AvgIpc) is 2.19. The third-order valence-corrected chi connectivity index (χ3v) is 3.37. The van der Waals surface area contributed by atoms with Gasteiger partial charge in [0.15, 0.2) is 0 Å². The van der Waals surface area contributed by atoms with E-state index in [0.717, 1.165) is 18.5 Å². The Kier molecular flexibility index (Phi) is 4.73. The normalized spacial score (nSPS) is 11.7. The number of primary sulfonamides is 1. The van der Waals surface area contributed by atoms with E-state index in [1.165, 1.54) is 12.1 Å². The van der Waals surface area contributed by atoms with E-state index in [0.29, 0.717) is 11.6 Å². The van der Waals surface area contributed by atoms with Crippen LogP contribution in [-0.2, 0) is 16.6 Å². The fraction of sp³-hybridized carbons (Fsp3) is 0.400. The molecule has 0 saturated carbocycles. The second-order valence-electron chi connectivity index (χ2n) is 3.48. The van der Waals surface area contributed by atoms with Gasteiger partial charge in [-0.25, -0.2) is 13.6 Å². The number of benzene rings is 1. The fourth-order valence-corrected chi connectivity index (χ4v) is 2.01. The lowest BCUT2D eigenvalue weighted by Crippen LogP contribution is -2.16. The van der Waals surface area contributed by atoms with Gasteiger partial charge in [-0.15, -0.1) is 0 Å². The molecule has 1 aromatic rings. The zero-order valence-electron chi connectivity index (χ0n) is 9.03. The van der Waals surface area contributed by atoms with Crippen molar-refractivity contribution in [2.45, 2.75) is 24.8 Å². The summed E-state index contributed by atoms with van der Waals surface area (Å²) in [6.45, 7) is 3.45. The molecule has 3 N–H and O–H groups in total. The van der Waals surface area contributed by atoms with Gasteiger partial charge < -0.3 is 5.32 Å². The maximum atomic E-state index is 11.1. The summed E-state index contributed by atoms with van der Waals surface area (Å²) in [6.07, 6.45) is 1.01. The Morgan fingerprint density at radius 3 is 2.69 bits per heavy atom. The van der Waals surface area contributed by atoms with Gasteiger partial charge in [0, 0.05) is 11.6 Å². The fourth-order valence-electron chi connectivity index (χ4n) is 1.26. The first-order valence-corrected chi connectivity index (χ1v) is 6.89. The van der Waals surface area contributed by atoms with Crippen molar-refractivity contribution in [3.8, 4) is 0 Å². The molecule has 0 amide bonds. The molecule has 0 aliphatic heterocycles. The zero-order chi connectivity index (χ0) is 12.2. The number of sulfonamides is 1. The highest BCUT2D eigenvalue weighted by atomic mass is 35.5. The lowest BCUT2D eigenvalue weighted by atomic mass is 10.2. The largest absolute Gasteiger partial charge is 0.313 e. The monoisotopic (exact) mass is 262 g/mol. The van der Waals surface area contributed by atoms with Crippen molar-refractivity contribution >= 4 is 21.6 Å². The summed E-state index contributed by atoms with van der Waals surface area (Å²) in [5.74, 6) is 0. The van der Waals surface area contributed by atoms with E-state index in [2.05, 4.69) is 12.2 Å². The Morgan fingerprint density at radius 1 is 1.44 bits per heavy atom. The van der Waals surface area contributed by atoms with E-state index >= 15 is 0 Å². The van der Waals surface area contributed by atoms with E-state index in [9.17, 15) is 8.42 Å². The predicted molar refractivity (Wildman–Crippen MR) is 64.8 cm³/mol. The number of halogens is 1. The van der Waals surface area contributed by atoms with Crippen LogP contribution < -0.4 is 10.5 Å². The SMILES string of the molecule is CCCNCc1cc(S(N)(=O)=O)ccc1Cl. The van der Waals surface area contributed by atoms with Crippen LogP contribution in [0.2, 0.25) is 5.02 Å². The van der Waals surface area contributed by atoms with Crippen LogP contribution in [0.15, 0.2) is 23.1 Å². The van der Waals surface area contributed by atoms with Crippen LogP contribution in [0.5, 0.6) is 0 Å². The molecule has 0 unspecified atom stereocenters. The van der Waals surface area contributed by atoms with E-state index in [1.807, 2.05) is 0 Å². The molecule has 0 bridgehead atoms. The molecule has 0 aliphatic rings. The minimum atomic E-state index is -3.66. The summed E-state index contributed by atoms with van der Waals surface area (Å²) in [5.41, 5.74) is 0.738. The molecule has 0 radical (unpaired) electrons. The number of nitrogens with one attached hydrogen (secondary N) is 1. The smallest absolute Gasteiger partial charge is 0.238 e. The summed E-state index contributed by atoms with van der Waals surface area (Å²) >= 11 is 5.95. The Balaban J connectivity index is 2.91.